The highest BCUT2D eigenvalue weighted by atomic mass is 32.2. The smallest absolute Gasteiger partial charge is 0.274 e. The molecule has 8 nitrogen and oxygen atoms in total. The topological polar surface area (TPSA) is 98.4 Å². The van der Waals surface area contributed by atoms with E-state index in [4.69, 9.17) is 0 Å². The molecule has 0 saturated carbocycles. The fourth-order valence-electron chi connectivity index (χ4n) is 3.42. The van der Waals surface area contributed by atoms with Crippen molar-refractivity contribution in [3.8, 4) is 0 Å². The Morgan fingerprint density at radius 2 is 1.81 bits per heavy atom. The molecule has 2 aromatic rings. The monoisotopic (exact) mass is 375 g/mol. The van der Waals surface area contributed by atoms with Crippen LogP contribution in [-0.2, 0) is 23.0 Å². The molecular formula is C17H21N5O3S. The van der Waals surface area contributed by atoms with Crippen molar-refractivity contribution in [3.63, 3.8) is 0 Å². The van der Waals surface area contributed by atoms with E-state index in [-0.39, 0.29) is 23.9 Å². The fraction of sp³-hybridized carbons (Fsp3) is 0.412. The van der Waals surface area contributed by atoms with Gasteiger partial charge in [-0.15, -0.1) is 0 Å². The Kier molecular flexibility index (Phi) is 4.51. The Balaban J connectivity index is 1.45. The second-order valence-electron chi connectivity index (χ2n) is 6.47. The molecule has 0 radical (unpaired) electrons. The van der Waals surface area contributed by atoms with Crippen LogP contribution < -0.4 is 5.32 Å². The number of fused-ring (bicyclic) bond motifs is 1. The van der Waals surface area contributed by atoms with E-state index in [1.807, 2.05) is 0 Å². The van der Waals surface area contributed by atoms with Gasteiger partial charge in [0, 0.05) is 56.9 Å². The number of nitrogens with zero attached hydrogens (tertiary/aromatic N) is 3. The second kappa shape index (κ2) is 6.82. The number of sulfonamides is 1. The lowest BCUT2D eigenvalue weighted by molar-refractivity contribution is 0.0690. The van der Waals surface area contributed by atoms with Crippen molar-refractivity contribution in [3.05, 3.63) is 47.3 Å². The maximum atomic E-state index is 12.8. The third-order valence-electron chi connectivity index (χ3n) is 4.92. The Morgan fingerprint density at radius 1 is 1.08 bits per heavy atom. The number of carbonyl (C=O) groups excluding carboxylic acids is 1. The third kappa shape index (κ3) is 3.02. The van der Waals surface area contributed by atoms with E-state index in [0.29, 0.717) is 25.3 Å². The van der Waals surface area contributed by atoms with Gasteiger partial charge in [0.25, 0.3) is 5.91 Å². The van der Waals surface area contributed by atoms with Gasteiger partial charge in [-0.05, 0) is 12.1 Å². The van der Waals surface area contributed by atoms with Crippen molar-refractivity contribution in [2.75, 3.05) is 32.7 Å². The summed E-state index contributed by atoms with van der Waals surface area (Å²) in [7, 11) is -3.52. The predicted molar refractivity (Wildman–Crippen MR) is 95.1 cm³/mol. The van der Waals surface area contributed by atoms with E-state index in [1.165, 1.54) is 4.31 Å². The van der Waals surface area contributed by atoms with Crippen LogP contribution in [0.4, 0.5) is 0 Å². The van der Waals surface area contributed by atoms with E-state index >= 15 is 0 Å². The number of hydrogen-bond acceptors (Lipinski definition) is 5. The minimum absolute atomic E-state index is 0.136. The zero-order valence-corrected chi connectivity index (χ0v) is 15.1. The molecule has 0 spiro atoms. The summed E-state index contributed by atoms with van der Waals surface area (Å²) >= 11 is 0. The molecule has 1 aromatic carbocycles. The van der Waals surface area contributed by atoms with Crippen LogP contribution in [0.1, 0.15) is 21.7 Å². The highest BCUT2D eigenvalue weighted by molar-refractivity contribution is 7.89. The Labute approximate surface area is 152 Å². The molecule has 9 heteroatoms. The minimum Gasteiger partial charge on any atom is -0.335 e. The van der Waals surface area contributed by atoms with Gasteiger partial charge in [0.1, 0.15) is 0 Å². The largest absolute Gasteiger partial charge is 0.335 e. The molecule has 3 heterocycles. The van der Waals surface area contributed by atoms with Crippen molar-refractivity contribution in [2.24, 2.45) is 0 Å². The van der Waals surface area contributed by atoms with Crippen LogP contribution >= 0.6 is 0 Å². The molecular weight excluding hydrogens is 354 g/mol. The van der Waals surface area contributed by atoms with Crippen LogP contribution in [0, 0.1) is 0 Å². The average Bonchev–Trinajstić information content (AvgIpc) is 3.12. The van der Waals surface area contributed by atoms with E-state index in [9.17, 15) is 13.2 Å². The molecule has 1 amide bonds. The van der Waals surface area contributed by atoms with Crippen molar-refractivity contribution in [1.29, 1.82) is 0 Å². The summed E-state index contributed by atoms with van der Waals surface area (Å²) in [6.07, 6.45) is 0.832. The summed E-state index contributed by atoms with van der Waals surface area (Å²) in [4.78, 5) is 14.8. The number of aromatic amines is 1. The number of piperazine rings is 1. The number of H-pyrrole nitrogens is 1. The lowest BCUT2D eigenvalue weighted by Crippen LogP contribution is -2.50. The van der Waals surface area contributed by atoms with Crippen molar-refractivity contribution in [2.45, 2.75) is 17.9 Å². The number of benzene rings is 1. The summed E-state index contributed by atoms with van der Waals surface area (Å²) in [5.41, 5.74) is 2.39. The molecule has 4 rings (SSSR count). The molecule has 2 N–H and O–H groups in total. The minimum atomic E-state index is -3.52. The summed E-state index contributed by atoms with van der Waals surface area (Å²) in [5, 5.41) is 10.4. The Bertz CT molecular complexity index is 902. The van der Waals surface area contributed by atoms with Gasteiger partial charge in [0.15, 0.2) is 5.69 Å². The van der Waals surface area contributed by atoms with Crippen LogP contribution in [0.2, 0.25) is 0 Å². The number of amides is 1. The van der Waals surface area contributed by atoms with Crippen LogP contribution in [0.5, 0.6) is 0 Å². The molecule has 0 atom stereocenters. The zero-order valence-electron chi connectivity index (χ0n) is 14.3. The van der Waals surface area contributed by atoms with Crippen molar-refractivity contribution in [1.82, 2.24) is 24.7 Å². The molecule has 1 aromatic heterocycles. The average molecular weight is 375 g/mol. The lowest BCUT2D eigenvalue weighted by Gasteiger charge is -2.33. The number of carbonyl (C=O) groups is 1. The first-order chi connectivity index (χ1) is 12.6. The van der Waals surface area contributed by atoms with Gasteiger partial charge in [0.05, 0.1) is 4.90 Å². The van der Waals surface area contributed by atoms with E-state index in [2.05, 4.69) is 15.5 Å². The number of nitrogens with one attached hydrogen (secondary N) is 2. The van der Waals surface area contributed by atoms with Gasteiger partial charge in [0.2, 0.25) is 10.0 Å². The quantitative estimate of drug-likeness (QED) is 0.799. The molecule has 2 aliphatic heterocycles. The van der Waals surface area contributed by atoms with Gasteiger partial charge < -0.3 is 10.2 Å². The van der Waals surface area contributed by atoms with E-state index < -0.39 is 10.0 Å². The van der Waals surface area contributed by atoms with Gasteiger partial charge in [-0.25, -0.2) is 8.42 Å². The van der Waals surface area contributed by atoms with Gasteiger partial charge in [-0.3, -0.25) is 9.89 Å². The predicted octanol–water partition coefficient (Wildman–Crippen LogP) is 0.202. The fourth-order valence-corrected chi connectivity index (χ4v) is 4.87. The van der Waals surface area contributed by atoms with Gasteiger partial charge in [-0.2, -0.15) is 9.40 Å². The molecule has 26 heavy (non-hydrogen) atoms. The first-order valence-electron chi connectivity index (χ1n) is 8.68. The van der Waals surface area contributed by atoms with Crippen molar-refractivity contribution < 1.29 is 13.2 Å². The SMILES string of the molecule is O=C(c1n[nH]c2c1CNCC2)N1CCN(S(=O)(=O)c2ccccc2)CC1. The normalized spacial score (nSPS) is 18.5. The molecule has 0 bridgehead atoms. The summed E-state index contributed by atoms with van der Waals surface area (Å²) in [6.45, 7) is 2.80. The maximum Gasteiger partial charge on any atom is 0.274 e. The third-order valence-corrected chi connectivity index (χ3v) is 6.83. The number of rotatable bonds is 3. The van der Waals surface area contributed by atoms with Gasteiger partial charge in [-0.1, -0.05) is 18.2 Å². The molecule has 138 valence electrons. The first kappa shape index (κ1) is 17.2. The maximum absolute atomic E-state index is 12.8. The van der Waals surface area contributed by atoms with Crippen molar-refractivity contribution >= 4 is 15.9 Å². The first-order valence-corrected chi connectivity index (χ1v) is 10.1. The standard InChI is InChI=1S/C17H21N5O3S/c23-17(16-14-12-18-7-6-15(14)19-20-16)21-8-10-22(11-9-21)26(24,25)13-4-2-1-3-5-13/h1-5,18H,6-12H2,(H,19,20). The van der Waals surface area contributed by atoms with E-state index in [0.717, 1.165) is 24.2 Å². The van der Waals surface area contributed by atoms with Gasteiger partial charge >= 0.3 is 0 Å². The number of hydrogen-bond donors (Lipinski definition) is 2. The molecule has 0 unspecified atom stereocenters. The summed E-state index contributed by atoms with van der Waals surface area (Å²) in [5.74, 6) is -0.136. The summed E-state index contributed by atoms with van der Waals surface area (Å²) in [6, 6.07) is 8.39. The molecule has 1 saturated heterocycles. The zero-order chi connectivity index (χ0) is 18.1. The van der Waals surface area contributed by atoms with E-state index in [1.54, 1.807) is 35.2 Å². The highest BCUT2D eigenvalue weighted by Gasteiger charge is 2.32. The Morgan fingerprint density at radius 3 is 2.54 bits per heavy atom. The molecule has 1 fully saturated rings. The highest BCUT2D eigenvalue weighted by Crippen LogP contribution is 2.20. The molecule has 2 aliphatic rings. The van der Waals surface area contributed by atoms with Crippen LogP contribution in [0.25, 0.3) is 0 Å². The Hall–Kier alpha value is -2.23. The molecule has 0 aliphatic carbocycles. The number of aromatic nitrogens is 2. The van der Waals surface area contributed by atoms with Crippen LogP contribution in [0.15, 0.2) is 35.2 Å². The summed E-state index contributed by atoms with van der Waals surface area (Å²) < 4.78 is 26.8. The van der Waals surface area contributed by atoms with Crippen LogP contribution in [-0.4, -0.2) is 66.5 Å². The lowest BCUT2D eigenvalue weighted by atomic mass is 10.1. The van der Waals surface area contributed by atoms with Crippen LogP contribution in [0.3, 0.4) is 0 Å². The second-order valence-corrected chi connectivity index (χ2v) is 8.40.